The van der Waals surface area contributed by atoms with E-state index in [2.05, 4.69) is 10.1 Å². The van der Waals surface area contributed by atoms with Gasteiger partial charge < -0.3 is 14.8 Å². The first-order valence-electron chi connectivity index (χ1n) is 8.23. The molecule has 1 fully saturated rings. The average molecular weight is 319 g/mol. The number of esters is 1. The van der Waals surface area contributed by atoms with Crippen molar-refractivity contribution < 1.29 is 19.1 Å². The minimum atomic E-state index is -0.567. The Labute approximate surface area is 137 Å². The average Bonchev–Trinajstić information content (AvgIpc) is 2.60. The quantitative estimate of drug-likeness (QED) is 0.819. The number of ether oxygens (including phenoxy) is 2. The molecule has 1 saturated carbocycles. The van der Waals surface area contributed by atoms with E-state index in [4.69, 9.17) is 4.74 Å². The number of rotatable bonds is 6. The van der Waals surface area contributed by atoms with Crippen LogP contribution < -0.4 is 10.1 Å². The molecule has 126 valence electrons. The fourth-order valence-electron chi connectivity index (χ4n) is 2.83. The number of hydrogen-bond donors (Lipinski definition) is 1. The summed E-state index contributed by atoms with van der Waals surface area (Å²) in [4.78, 5) is 23.5. The molecule has 1 aliphatic rings. The lowest BCUT2D eigenvalue weighted by atomic mass is 9.89. The largest absolute Gasteiger partial charge is 0.481 e. The first kappa shape index (κ1) is 17.3. The summed E-state index contributed by atoms with van der Waals surface area (Å²) >= 11 is 0. The van der Waals surface area contributed by atoms with E-state index < -0.39 is 12.1 Å². The van der Waals surface area contributed by atoms with Crippen LogP contribution in [0.15, 0.2) is 24.3 Å². The van der Waals surface area contributed by atoms with Crippen LogP contribution in [-0.2, 0) is 9.53 Å². The fraction of sp³-hybridized carbons (Fsp3) is 0.556. The summed E-state index contributed by atoms with van der Waals surface area (Å²) in [7, 11) is 1.34. The van der Waals surface area contributed by atoms with Crippen molar-refractivity contribution >= 4 is 11.9 Å². The van der Waals surface area contributed by atoms with Gasteiger partial charge in [-0.1, -0.05) is 19.3 Å². The maximum atomic E-state index is 12.1. The van der Waals surface area contributed by atoms with Gasteiger partial charge in [0.1, 0.15) is 5.75 Å². The Morgan fingerprint density at radius 1 is 1.17 bits per heavy atom. The zero-order valence-electron chi connectivity index (χ0n) is 13.8. The van der Waals surface area contributed by atoms with Crippen LogP contribution in [0.1, 0.15) is 49.4 Å². The smallest absolute Gasteiger partial charge is 0.337 e. The molecular formula is C18H25NO4. The van der Waals surface area contributed by atoms with Crippen molar-refractivity contribution in [1.29, 1.82) is 0 Å². The van der Waals surface area contributed by atoms with Gasteiger partial charge in [-0.05, 0) is 49.9 Å². The molecule has 0 bridgehead atoms. The molecule has 0 unspecified atom stereocenters. The predicted octanol–water partition coefficient (Wildman–Crippen LogP) is 2.94. The van der Waals surface area contributed by atoms with Gasteiger partial charge in [0.25, 0.3) is 5.91 Å². The SMILES string of the molecule is COC(=O)c1ccc(O[C@@H](C)C(=O)NCC2CCCCC2)cc1. The van der Waals surface area contributed by atoms with Crippen molar-refractivity contribution in [3.8, 4) is 5.75 Å². The third-order valence-electron chi connectivity index (χ3n) is 4.25. The Morgan fingerprint density at radius 2 is 1.83 bits per heavy atom. The third kappa shape index (κ3) is 5.27. The van der Waals surface area contributed by atoms with Crippen molar-refractivity contribution in [2.75, 3.05) is 13.7 Å². The van der Waals surface area contributed by atoms with E-state index in [-0.39, 0.29) is 5.91 Å². The summed E-state index contributed by atoms with van der Waals surface area (Å²) in [5, 5.41) is 2.97. The first-order valence-corrected chi connectivity index (χ1v) is 8.23. The van der Waals surface area contributed by atoms with E-state index >= 15 is 0 Å². The third-order valence-corrected chi connectivity index (χ3v) is 4.25. The van der Waals surface area contributed by atoms with Crippen molar-refractivity contribution in [2.24, 2.45) is 5.92 Å². The molecule has 1 N–H and O–H groups in total. The van der Waals surface area contributed by atoms with E-state index in [1.807, 2.05) is 0 Å². The molecule has 0 spiro atoms. The highest BCUT2D eigenvalue weighted by atomic mass is 16.5. The Balaban J connectivity index is 1.79. The van der Waals surface area contributed by atoms with Crippen molar-refractivity contribution in [2.45, 2.75) is 45.1 Å². The van der Waals surface area contributed by atoms with Crippen LogP contribution in [0.5, 0.6) is 5.75 Å². The van der Waals surface area contributed by atoms with Gasteiger partial charge in [-0.15, -0.1) is 0 Å². The van der Waals surface area contributed by atoms with Gasteiger partial charge in [0.05, 0.1) is 12.7 Å². The molecule has 1 aromatic rings. The number of amides is 1. The Hall–Kier alpha value is -2.04. The van der Waals surface area contributed by atoms with Crippen molar-refractivity contribution in [3.05, 3.63) is 29.8 Å². The monoisotopic (exact) mass is 319 g/mol. The van der Waals surface area contributed by atoms with Crippen LogP contribution in [0.25, 0.3) is 0 Å². The second kappa shape index (κ2) is 8.56. The van der Waals surface area contributed by atoms with Crippen LogP contribution in [0, 0.1) is 5.92 Å². The number of hydrogen-bond acceptors (Lipinski definition) is 4. The van der Waals surface area contributed by atoms with E-state index in [1.54, 1.807) is 31.2 Å². The minimum Gasteiger partial charge on any atom is -0.481 e. The molecule has 5 nitrogen and oxygen atoms in total. The molecule has 1 aliphatic carbocycles. The summed E-state index contributed by atoms with van der Waals surface area (Å²) in [5.41, 5.74) is 0.453. The van der Waals surface area contributed by atoms with Gasteiger partial charge in [-0.3, -0.25) is 4.79 Å². The van der Waals surface area contributed by atoms with Crippen LogP contribution in [-0.4, -0.2) is 31.6 Å². The lowest BCUT2D eigenvalue weighted by molar-refractivity contribution is -0.127. The Morgan fingerprint density at radius 3 is 2.43 bits per heavy atom. The molecule has 2 rings (SSSR count). The molecule has 0 radical (unpaired) electrons. The maximum Gasteiger partial charge on any atom is 0.337 e. The lowest BCUT2D eigenvalue weighted by Gasteiger charge is -2.23. The highest BCUT2D eigenvalue weighted by Gasteiger charge is 2.18. The van der Waals surface area contributed by atoms with Gasteiger partial charge in [0, 0.05) is 6.54 Å². The van der Waals surface area contributed by atoms with Gasteiger partial charge in [-0.2, -0.15) is 0 Å². The number of nitrogens with one attached hydrogen (secondary N) is 1. The van der Waals surface area contributed by atoms with Crippen LogP contribution in [0.3, 0.4) is 0 Å². The molecule has 0 saturated heterocycles. The van der Waals surface area contributed by atoms with Gasteiger partial charge in [-0.25, -0.2) is 4.79 Å². The number of benzene rings is 1. The first-order chi connectivity index (χ1) is 11.1. The highest BCUT2D eigenvalue weighted by Crippen LogP contribution is 2.22. The number of methoxy groups -OCH3 is 1. The van der Waals surface area contributed by atoms with Gasteiger partial charge >= 0.3 is 5.97 Å². The van der Waals surface area contributed by atoms with Gasteiger partial charge in [0.2, 0.25) is 0 Å². The second-order valence-electron chi connectivity index (χ2n) is 6.03. The van der Waals surface area contributed by atoms with E-state index in [0.717, 1.165) is 6.54 Å². The zero-order valence-corrected chi connectivity index (χ0v) is 13.8. The summed E-state index contributed by atoms with van der Waals surface area (Å²) in [6, 6.07) is 6.57. The number of carbonyl (C=O) groups excluding carboxylic acids is 2. The summed E-state index contributed by atoms with van der Waals surface area (Å²) in [6.45, 7) is 2.46. The highest BCUT2D eigenvalue weighted by molar-refractivity contribution is 5.89. The minimum absolute atomic E-state index is 0.104. The topological polar surface area (TPSA) is 64.6 Å². The normalized spacial score (nSPS) is 16.4. The lowest BCUT2D eigenvalue weighted by Crippen LogP contribution is -2.39. The second-order valence-corrected chi connectivity index (χ2v) is 6.03. The molecule has 0 heterocycles. The van der Waals surface area contributed by atoms with Gasteiger partial charge in [0.15, 0.2) is 6.10 Å². The van der Waals surface area contributed by atoms with Crippen molar-refractivity contribution in [1.82, 2.24) is 5.32 Å². The zero-order chi connectivity index (χ0) is 16.7. The summed E-state index contributed by atoms with van der Waals surface area (Å²) in [5.74, 6) is 0.652. The molecule has 1 aromatic carbocycles. The van der Waals surface area contributed by atoms with E-state index in [9.17, 15) is 9.59 Å². The molecule has 5 heteroatoms. The molecular weight excluding hydrogens is 294 g/mol. The van der Waals surface area contributed by atoms with E-state index in [0.29, 0.717) is 17.2 Å². The molecule has 1 atom stereocenters. The number of carbonyl (C=O) groups is 2. The van der Waals surface area contributed by atoms with E-state index in [1.165, 1.54) is 39.2 Å². The summed E-state index contributed by atoms with van der Waals surface area (Å²) < 4.78 is 10.3. The Kier molecular flexibility index (Phi) is 6.44. The van der Waals surface area contributed by atoms with Crippen LogP contribution in [0.2, 0.25) is 0 Å². The van der Waals surface area contributed by atoms with Crippen molar-refractivity contribution in [3.63, 3.8) is 0 Å². The predicted molar refractivity (Wildman–Crippen MR) is 87.5 cm³/mol. The summed E-state index contributed by atoms with van der Waals surface area (Å²) in [6.07, 6.45) is 5.67. The molecule has 0 aliphatic heterocycles. The fourth-order valence-corrected chi connectivity index (χ4v) is 2.83. The van der Waals surface area contributed by atoms with Crippen LogP contribution >= 0.6 is 0 Å². The molecule has 23 heavy (non-hydrogen) atoms. The molecule has 0 aromatic heterocycles. The molecule has 1 amide bonds. The maximum absolute atomic E-state index is 12.1. The Bertz CT molecular complexity index is 520. The standard InChI is InChI=1S/C18H25NO4/c1-13(17(20)19-12-14-6-4-3-5-7-14)23-16-10-8-15(9-11-16)18(21)22-2/h8-11,13-14H,3-7,12H2,1-2H3,(H,19,20)/t13-/m0/s1. The van der Waals surface area contributed by atoms with Crippen LogP contribution in [0.4, 0.5) is 0 Å².